The number of anilines is 1. The zero-order valence-electron chi connectivity index (χ0n) is 19.7. The maximum Gasteiger partial charge on any atom is 0.573 e. The topological polar surface area (TPSA) is 114 Å². The van der Waals surface area contributed by atoms with E-state index in [0.29, 0.717) is 40.3 Å². The van der Waals surface area contributed by atoms with Crippen molar-refractivity contribution in [3.63, 3.8) is 0 Å². The summed E-state index contributed by atoms with van der Waals surface area (Å²) < 4.78 is 67.0. The number of rotatable bonds is 4. The van der Waals surface area contributed by atoms with Gasteiger partial charge in [-0.1, -0.05) is 0 Å². The predicted molar refractivity (Wildman–Crippen MR) is 119 cm³/mol. The van der Waals surface area contributed by atoms with Crippen molar-refractivity contribution in [1.82, 2.24) is 10.2 Å². The van der Waals surface area contributed by atoms with E-state index < -0.39 is 53.5 Å². The first-order chi connectivity index (χ1) is 17.9. The van der Waals surface area contributed by atoms with Crippen LogP contribution in [0, 0.1) is 5.82 Å². The van der Waals surface area contributed by atoms with Gasteiger partial charge in [-0.15, -0.1) is 13.2 Å². The van der Waals surface area contributed by atoms with Gasteiger partial charge in [-0.3, -0.25) is 24.6 Å². The molecule has 0 spiro atoms. The van der Waals surface area contributed by atoms with E-state index in [9.17, 15) is 36.7 Å². The van der Waals surface area contributed by atoms with Crippen LogP contribution in [0.5, 0.6) is 17.2 Å². The molecule has 3 aliphatic rings. The standard InChI is InChI=1S/C24H19F4N3O7/c1-30(17-8-11(2-3-15(17)25)38-24(26,27)28)23(35)37-18-9-13-14(20-12(18)6-7-36-20)10-31(22(13)34)16-4-5-19(32)29-21(16)33/h2-3,8-9,16H,4-7,10H2,1H3,(H,29,32,33). The highest BCUT2D eigenvalue weighted by Gasteiger charge is 2.42. The molecule has 1 fully saturated rings. The van der Waals surface area contributed by atoms with Gasteiger partial charge in [0.15, 0.2) is 0 Å². The summed E-state index contributed by atoms with van der Waals surface area (Å²) in [4.78, 5) is 51.9. The number of halogens is 4. The number of carbonyl (C=O) groups excluding carboxylic acids is 4. The Labute approximate surface area is 212 Å². The van der Waals surface area contributed by atoms with Gasteiger partial charge in [0, 0.05) is 37.1 Å². The van der Waals surface area contributed by atoms with E-state index in [1.807, 2.05) is 0 Å². The molecule has 5 rings (SSSR count). The third-order valence-corrected chi connectivity index (χ3v) is 6.43. The van der Waals surface area contributed by atoms with Crippen molar-refractivity contribution in [2.75, 3.05) is 18.6 Å². The smallest absolute Gasteiger partial charge is 0.492 e. The molecule has 38 heavy (non-hydrogen) atoms. The average Bonchev–Trinajstić information content (AvgIpc) is 3.45. The van der Waals surface area contributed by atoms with Gasteiger partial charge in [0.2, 0.25) is 11.8 Å². The van der Waals surface area contributed by atoms with Crippen LogP contribution in [0.15, 0.2) is 24.3 Å². The lowest BCUT2D eigenvalue weighted by Crippen LogP contribution is -2.52. The van der Waals surface area contributed by atoms with E-state index in [1.54, 1.807) is 0 Å². The van der Waals surface area contributed by atoms with Crippen LogP contribution in [0.4, 0.5) is 28.0 Å². The molecule has 0 bridgehead atoms. The molecule has 2 aromatic rings. The molecule has 2 aromatic carbocycles. The molecule has 1 N–H and O–H groups in total. The highest BCUT2D eigenvalue weighted by atomic mass is 19.4. The zero-order chi connectivity index (χ0) is 27.4. The van der Waals surface area contributed by atoms with Crippen molar-refractivity contribution < 1.29 is 51.0 Å². The number of ether oxygens (including phenoxy) is 3. The van der Waals surface area contributed by atoms with E-state index >= 15 is 0 Å². The Hall–Kier alpha value is -4.36. The maximum absolute atomic E-state index is 14.4. The zero-order valence-corrected chi connectivity index (χ0v) is 19.7. The summed E-state index contributed by atoms with van der Waals surface area (Å²) in [6.07, 6.45) is -5.61. The molecule has 4 amide bonds. The van der Waals surface area contributed by atoms with E-state index in [1.165, 1.54) is 11.0 Å². The van der Waals surface area contributed by atoms with E-state index in [-0.39, 0.29) is 37.3 Å². The van der Waals surface area contributed by atoms with Crippen LogP contribution in [0.25, 0.3) is 0 Å². The number of amides is 4. The number of alkyl halides is 3. The number of carbonyl (C=O) groups is 4. The van der Waals surface area contributed by atoms with Crippen LogP contribution in [0.2, 0.25) is 0 Å². The van der Waals surface area contributed by atoms with Gasteiger partial charge in [0.1, 0.15) is 29.1 Å². The van der Waals surface area contributed by atoms with Gasteiger partial charge in [0.05, 0.1) is 24.4 Å². The van der Waals surface area contributed by atoms with E-state index in [0.717, 1.165) is 13.1 Å². The second-order valence-corrected chi connectivity index (χ2v) is 8.79. The SMILES string of the molecule is CN(C(=O)Oc1cc2c(c3c1CCO3)CN(C1CCC(=O)NC1=O)C2=O)c1cc(OC(F)(F)F)ccc1F. The van der Waals surface area contributed by atoms with Crippen molar-refractivity contribution in [3.8, 4) is 17.2 Å². The lowest BCUT2D eigenvalue weighted by Gasteiger charge is -2.29. The number of nitrogens with zero attached hydrogens (tertiary/aromatic N) is 2. The Morgan fingerprint density at radius 2 is 1.92 bits per heavy atom. The molecule has 200 valence electrons. The maximum atomic E-state index is 14.4. The molecule has 0 radical (unpaired) electrons. The molecule has 1 atom stereocenters. The van der Waals surface area contributed by atoms with Crippen molar-refractivity contribution in [3.05, 3.63) is 46.8 Å². The van der Waals surface area contributed by atoms with Crippen molar-refractivity contribution in [2.45, 2.75) is 38.2 Å². The molecule has 10 nitrogen and oxygen atoms in total. The highest BCUT2D eigenvalue weighted by Crippen LogP contribution is 2.44. The van der Waals surface area contributed by atoms with Gasteiger partial charge in [-0.25, -0.2) is 9.18 Å². The number of piperidine rings is 1. The lowest BCUT2D eigenvalue weighted by molar-refractivity contribution is -0.274. The van der Waals surface area contributed by atoms with Crippen molar-refractivity contribution in [2.24, 2.45) is 0 Å². The highest BCUT2D eigenvalue weighted by molar-refractivity contribution is 6.06. The minimum atomic E-state index is -5.02. The fourth-order valence-electron chi connectivity index (χ4n) is 4.66. The van der Waals surface area contributed by atoms with Crippen molar-refractivity contribution in [1.29, 1.82) is 0 Å². The molecule has 0 saturated carbocycles. The summed E-state index contributed by atoms with van der Waals surface area (Å²) in [6, 6.07) is 2.62. The number of imide groups is 1. The number of benzene rings is 2. The summed E-state index contributed by atoms with van der Waals surface area (Å²) in [5.41, 5.74) is 0.569. The van der Waals surface area contributed by atoms with Gasteiger partial charge < -0.3 is 19.1 Å². The minimum absolute atomic E-state index is 0.0466. The minimum Gasteiger partial charge on any atom is -0.492 e. The summed E-state index contributed by atoms with van der Waals surface area (Å²) in [6.45, 7) is 0.276. The first kappa shape index (κ1) is 25.3. The van der Waals surface area contributed by atoms with Crippen molar-refractivity contribution >= 4 is 29.5 Å². The molecule has 0 aliphatic carbocycles. The van der Waals surface area contributed by atoms with E-state index in [4.69, 9.17) is 9.47 Å². The van der Waals surface area contributed by atoms with Crippen LogP contribution < -0.4 is 24.4 Å². The molecular formula is C24H19F4N3O7. The van der Waals surface area contributed by atoms with Gasteiger partial charge in [-0.05, 0) is 24.6 Å². The molecule has 1 unspecified atom stereocenters. The van der Waals surface area contributed by atoms with Gasteiger partial charge >= 0.3 is 12.5 Å². The van der Waals surface area contributed by atoms with Crippen LogP contribution in [-0.4, -0.2) is 54.8 Å². The average molecular weight is 537 g/mol. The van der Waals surface area contributed by atoms with Crippen LogP contribution in [-0.2, 0) is 22.6 Å². The first-order valence-corrected chi connectivity index (χ1v) is 11.4. The summed E-state index contributed by atoms with van der Waals surface area (Å²) >= 11 is 0. The molecule has 0 aromatic heterocycles. The van der Waals surface area contributed by atoms with E-state index in [2.05, 4.69) is 10.1 Å². The Morgan fingerprint density at radius 1 is 1.16 bits per heavy atom. The quantitative estimate of drug-likeness (QED) is 0.471. The van der Waals surface area contributed by atoms with Gasteiger partial charge in [0.25, 0.3) is 5.91 Å². The fraction of sp³-hybridized carbons (Fsp3) is 0.333. The number of fused-ring (bicyclic) bond motifs is 3. The Bertz CT molecular complexity index is 1380. The van der Waals surface area contributed by atoms with Crippen LogP contribution in [0.3, 0.4) is 0 Å². The van der Waals surface area contributed by atoms with Crippen LogP contribution >= 0.6 is 0 Å². The lowest BCUT2D eigenvalue weighted by atomic mass is 10.0. The largest absolute Gasteiger partial charge is 0.573 e. The third kappa shape index (κ3) is 4.57. The molecular weight excluding hydrogens is 518 g/mol. The Morgan fingerprint density at radius 3 is 2.63 bits per heavy atom. The predicted octanol–water partition coefficient (Wildman–Crippen LogP) is 3.06. The third-order valence-electron chi connectivity index (χ3n) is 6.43. The summed E-state index contributed by atoms with van der Waals surface area (Å²) in [7, 11) is 1.10. The normalized spacial score (nSPS) is 18.5. The number of hydrogen-bond acceptors (Lipinski definition) is 7. The second-order valence-electron chi connectivity index (χ2n) is 8.79. The number of hydrogen-bond donors (Lipinski definition) is 1. The second kappa shape index (κ2) is 9.19. The summed E-state index contributed by atoms with van der Waals surface area (Å²) in [5.74, 6) is -3.01. The van der Waals surface area contributed by atoms with Crippen LogP contribution in [0.1, 0.15) is 34.3 Å². The Balaban J connectivity index is 1.41. The number of nitrogens with one attached hydrogen (secondary N) is 1. The Kier molecular flexibility index (Phi) is 6.12. The van der Waals surface area contributed by atoms with Gasteiger partial charge in [-0.2, -0.15) is 0 Å². The molecule has 3 aliphatic heterocycles. The molecule has 14 heteroatoms. The molecule has 3 heterocycles. The first-order valence-electron chi connectivity index (χ1n) is 11.4. The monoisotopic (exact) mass is 537 g/mol. The fourth-order valence-corrected chi connectivity index (χ4v) is 4.66. The molecule has 1 saturated heterocycles. The summed E-state index contributed by atoms with van der Waals surface area (Å²) in [5, 5.41) is 2.21.